The summed E-state index contributed by atoms with van der Waals surface area (Å²) in [6.07, 6.45) is 2.98. The maximum atomic E-state index is 9.84. The standard InChI is InChI=1S/C11H10ClNO2/c12-11-4-3-8(7-13-11)10(14)6-9-2-1-5-15-9/h1-5,7,10,14H,6H2. The van der Waals surface area contributed by atoms with Crippen molar-refractivity contribution < 1.29 is 9.52 Å². The fourth-order valence-corrected chi connectivity index (χ4v) is 1.43. The molecule has 78 valence electrons. The molecule has 0 aliphatic rings. The highest BCUT2D eigenvalue weighted by molar-refractivity contribution is 6.29. The van der Waals surface area contributed by atoms with Crippen LogP contribution in [0.4, 0.5) is 0 Å². The third kappa shape index (κ3) is 2.58. The second-order valence-corrected chi connectivity index (χ2v) is 3.60. The summed E-state index contributed by atoms with van der Waals surface area (Å²) in [6, 6.07) is 7.03. The van der Waals surface area contributed by atoms with E-state index in [9.17, 15) is 5.11 Å². The van der Waals surface area contributed by atoms with Gasteiger partial charge >= 0.3 is 0 Å². The van der Waals surface area contributed by atoms with E-state index in [1.54, 1.807) is 30.7 Å². The topological polar surface area (TPSA) is 46.3 Å². The number of aromatic nitrogens is 1. The molecule has 0 radical (unpaired) electrons. The van der Waals surface area contributed by atoms with Crippen LogP contribution >= 0.6 is 11.6 Å². The second-order valence-electron chi connectivity index (χ2n) is 3.21. The average molecular weight is 224 g/mol. The molecule has 15 heavy (non-hydrogen) atoms. The number of furan rings is 1. The highest BCUT2D eigenvalue weighted by Crippen LogP contribution is 2.18. The van der Waals surface area contributed by atoms with Crippen molar-refractivity contribution in [2.24, 2.45) is 0 Å². The van der Waals surface area contributed by atoms with Crippen LogP contribution in [0.1, 0.15) is 17.4 Å². The monoisotopic (exact) mass is 223 g/mol. The van der Waals surface area contributed by atoms with E-state index >= 15 is 0 Å². The van der Waals surface area contributed by atoms with E-state index in [1.807, 2.05) is 6.07 Å². The highest BCUT2D eigenvalue weighted by Gasteiger charge is 2.10. The van der Waals surface area contributed by atoms with Gasteiger partial charge in [0.1, 0.15) is 10.9 Å². The zero-order valence-electron chi connectivity index (χ0n) is 7.93. The molecular weight excluding hydrogens is 214 g/mol. The maximum absolute atomic E-state index is 9.84. The van der Waals surface area contributed by atoms with Gasteiger partial charge in [-0.15, -0.1) is 0 Å². The summed E-state index contributed by atoms with van der Waals surface area (Å²) in [7, 11) is 0. The first-order chi connectivity index (χ1) is 7.25. The van der Waals surface area contributed by atoms with Crippen molar-refractivity contribution in [2.45, 2.75) is 12.5 Å². The molecule has 0 amide bonds. The first kappa shape index (κ1) is 10.2. The van der Waals surface area contributed by atoms with Crippen LogP contribution in [0.5, 0.6) is 0 Å². The Morgan fingerprint density at radius 3 is 2.87 bits per heavy atom. The van der Waals surface area contributed by atoms with Gasteiger partial charge in [0.25, 0.3) is 0 Å². The van der Waals surface area contributed by atoms with Crippen molar-refractivity contribution in [1.29, 1.82) is 0 Å². The average Bonchev–Trinajstić information content (AvgIpc) is 2.71. The van der Waals surface area contributed by atoms with Gasteiger partial charge in [0.2, 0.25) is 0 Å². The summed E-state index contributed by atoms with van der Waals surface area (Å²) in [6.45, 7) is 0. The van der Waals surface area contributed by atoms with Gasteiger partial charge in [-0.2, -0.15) is 0 Å². The third-order valence-electron chi connectivity index (χ3n) is 2.11. The molecule has 0 aromatic carbocycles. The van der Waals surface area contributed by atoms with Gasteiger partial charge in [0.05, 0.1) is 12.4 Å². The molecule has 0 saturated carbocycles. The second kappa shape index (κ2) is 4.47. The lowest BCUT2D eigenvalue weighted by Crippen LogP contribution is -2.01. The van der Waals surface area contributed by atoms with E-state index in [0.29, 0.717) is 11.6 Å². The Hall–Kier alpha value is -1.32. The molecule has 2 rings (SSSR count). The van der Waals surface area contributed by atoms with Crippen LogP contribution in [-0.2, 0) is 6.42 Å². The summed E-state index contributed by atoms with van der Waals surface area (Å²) in [5, 5.41) is 10.3. The number of aliphatic hydroxyl groups excluding tert-OH is 1. The third-order valence-corrected chi connectivity index (χ3v) is 2.33. The summed E-state index contributed by atoms with van der Waals surface area (Å²) in [4.78, 5) is 3.90. The van der Waals surface area contributed by atoms with Crippen LogP contribution in [0, 0.1) is 0 Å². The van der Waals surface area contributed by atoms with Crippen molar-refractivity contribution in [3.8, 4) is 0 Å². The lowest BCUT2D eigenvalue weighted by Gasteiger charge is -2.08. The van der Waals surface area contributed by atoms with Crippen LogP contribution in [0.15, 0.2) is 41.1 Å². The molecule has 0 fully saturated rings. The quantitative estimate of drug-likeness (QED) is 0.814. The number of hydrogen-bond donors (Lipinski definition) is 1. The molecule has 1 unspecified atom stereocenters. The SMILES string of the molecule is OC(Cc1ccco1)c1ccc(Cl)nc1. The Labute approximate surface area is 92.3 Å². The minimum Gasteiger partial charge on any atom is -0.469 e. The molecule has 3 nitrogen and oxygen atoms in total. The van der Waals surface area contributed by atoms with Crippen molar-refractivity contribution in [2.75, 3.05) is 0 Å². The first-order valence-electron chi connectivity index (χ1n) is 4.57. The van der Waals surface area contributed by atoms with Crippen LogP contribution in [0.3, 0.4) is 0 Å². The molecule has 0 aliphatic carbocycles. The highest BCUT2D eigenvalue weighted by atomic mass is 35.5. The zero-order chi connectivity index (χ0) is 10.7. The van der Waals surface area contributed by atoms with Gasteiger partial charge in [-0.1, -0.05) is 17.7 Å². The Morgan fingerprint density at radius 1 is 1.40 bits per heavy atom. The fourth-order valence-electron chi connectivity index (χ4n) is 1.32. The molecule has 0 spiro atoms. The molecule has 1 N–H and O–H groups in total. The summed E-state index contributed by atoms with van der Waals surface area (Å²) >= 11 is 5.65. The van der Waals surface area contributed by atoms with Gasteiger partial charge in [0, 0.05) is 12.6 Å². The number of hydrogen-bond acceptors (Lipinski definition) is 3. The van der Waals surface area contributed by atoms with Crippen LogP contribution in [0.25, 0.3) is 0 Å². The molecule has 4 heteroatoms. The van der Waals surface area contributed by atoms with Crippen molar-refractivity contribution in [1.82, 2.24) is 4.98 Å². The van der Waals surface area contributed by atoms with E-state index in [4.69, 9.17) is 16.0 Å². The summed E-state index contributed by atoms with van der Waals surface area (Å²) < 4.78 is 5.14. The van der Waals surface area contributed by atoms with Gasteiger partial charge in [-0.05, 0) is 23.8 Å². The van der Waals surface area contributed by atoms with Crippen molar-refractivity contribution in [3.63, 3.8) is 0 Å². The lowest BCUT2D eigenvalue weighted by atomic mass is 10.1. The first-order valence-corrected chi connectivity index (χ1v) is 4.95. The fraction of sp³-hybridized carbons (Fsp3) is 0.182. The number of rotatable bonds is 3. The minimum absolute atomic E-state index is 0.420. The number of nitrogens with zero attached hydrogens (tertiary/aromatic N) is 1. The molecule has 0 bridgehead atoms. The maximum Gasteiger partial charge on any atom is 0.129 e. The van der Waals surface area contributed by atoms with E-state index in [0.717, 1.165) is 11.3 Å². The van der Waals surface area contributed by atoms with Crippen LogP contribution < -0.4 is 0 Å². The van der Waals surface area contributed by atoms with Crippen LogP contribution in [-0.4, -0.2) is 10.1 Å². The Bertz CT molecular complexity index is 411. The van der Waals surface area contributed by atoms with E-state index in [-0.39, 0.29) is 0 Å². The Morgan fingerprint density at radius 2 is 2.27 bits per heavy atom. The Kier molecular flexibility index (Phi) is 3.04. The zero-order valence-corrected chi connectivity index (χ0v) is 8.69. The Balaban J connectivity index is 2.08. The lowest BCUT2D eigenvalue weighted by molar-refractivity contribution is 0.170. The molecule has 2 aromatic heterocycles. The number of halogens is 1. The van der Waals surface area contributed by atoms with Gasteiger partial charge in [-0.3, -0.25) is 0 Å². The molecule has 0 aliphatic heterocycles. The number of aliphatic hydroxyl groups is 1. The normalized spacial score (nSPS) is 12.7. The molecule has 2 aromatic rings. The predicted molar refractivity (Wildman–Crippen MR) is 56.6 cm³/mol. The smallest absolute Gasteiger partial charge is 0.129 e. The largest absolute Gasteiger partial charge is 0.469 e. The van der Waals surface area contributed by atoms with Crippen molar-refractivity contribution >= 4 is 11.6 Å². The van der Waals surface area contributed by atoms with E-state index in [2.05, 4.69) is 4.98 Å². The summed E-state index contributed by atoms with van der Waals surface area (Å²) in [5.74, 6) is 0.748. The molecule has 2 heterocycles. The van der Waals surface area contributed by atoms with Crippen LogP contribution in [0.2, 0.25) is 5.15 Å². The van der Waals surface area contributed by atoms with Gasteiger partial charge < -0.3 is 9.52 Å². The number of pyridine rings is 1. The molecule has 0 saturated heterocycles. The van der Waals surface area contributed by atoms with Crippen molar-refractivity contribution in [3.05, 3.63) is 53.2 Å². The molecule has 1 atom stereocenters. The minimum atomic E-state index is -0.610. The summed E-state index contributed by atoms with van der Waals surface area (Å²) in [5.41, 5.74) is 0.732. The van der Waals surface area contributed by atoms with Gasteiger partial charge in [0.15, 0.2) is 0 Å². The predicted octanol–water partition coefficient (Wildman–Crippen LogP) is 2.60. The van der Waals surface area contributed by atoms with Gasteiger partial charge in [-0.25, -0.2) is 4.98 Å². The molecular formula is C11H10ClNO2. The van der Waals surface area contributed by atoms with E-state index < -0.39 is 6.10 Å². The van der Waals surface area contributed by atoms with E-state index in [1.165, 1.54) is 0 Å².